The van der Waals surface area contributed by atoms with Crippen molar-refractivity contribution in [2.24, 2.45) is 0 Å². The van der Waals surface area contributed by atoms with Crippen LogP contribution in [-0.4, -0.2) is 54.5 Å². The molecule has 0 bridgehead atoms. The fourth-order valence-electron chi connectivity index (χ4n) is 2.39. The molecule has 5 nitrogen and oxygen atoms in total. The molecule has 0 aliphatic carbocycles. The summed E-state index contributed by atoms with van der Waals surface area (Å²) in [5.74, 6) is 1.19. The minimum atomic E-state index is -0.490. The number of thioether (sulfide) groups is 1. The van der Waals surface area contributed by atoms with Crippen molar-refractivity contribution >= 4 is 23.6 Å². The van der Waals surface area contributed by atoms with E-state index in [0.717, 1.165) is 25.1 Å². The van der Waals surface area contributed by atoms with Gasteiger partial charge in [0.2, 0.25) is 5.91 Å². The Bertz CT molecular complexity index is 511. The number of para-hydroxylation sites is 1. The van der Waals surface area contributed by atoms with E-state index in [0.29, 0.717) is 18.7 Å². The summed E-state index contributed by atoms with van der Waals surface area (Å²) in [5, 5.41) is 2.84. The molecule has 2 amide bonds. The molecule has 1 unspecified atom stereocenters. The number of nitrogens with one attached hydrogen (secondary N) is 1. The van der Waals surface area contributed by atoms with Crippen molar-refractivity contribution in [3.8, 4) is 5.75 Å². The Balaban J connectivity index is 2.60. The van der Waals surface area contributed by atoms with Gasteiger partial charge in [-0.1, -0.05) is 31.5 Å². The summed E-state index contributed by atoms with van der Waals surface area (Å²) in [7, 11) is 0. The molecule has 0 aliphatic heterocycles. The number of nitrogens with zero attached hydrogens (tertiary/aromatic N) is 1. The fraction of sp³-hybridized carbons (Fsp3) is 0.579. The summed E-state index contributed by atoms with van der Waals surface area (Å²) in [6.07, 6.45) is 4.63. The van der Waals surface area contributed by atoms with Gasteiger partial charge >= 0.3 is 0 Å². The van der Waals surface area contributed by atoms with E-state index in [1.165, 1.54) is 0 Å². The Morgan fingerprint density at radius 2 is 1.96 bits per heavy atom. The first-order chi connectivity index (χ1) is 12.1. The van der Waals surface area contributed by atoms with E-state index in [2.05, 4.69) is 12.2 Å². The van der Waals surface area contributed by atoms with Gasteiger partial charge in [0.1, 0.15) is 11.8 Å². The molecule has 0 heterocycles. The van der Waals surface area contributed by atoms with Crippen LogP contribution in [0.1, 0.15) is 33.1 Å². The van der Waals surface area contributed by atoms with Crippen LogP contribution in [0.5, 0.6) is 5.75 Å². The van der Waals surface area contributed by atoms with Crippen molar-refractivity contribution in [2.45, 2.75) is 39.2 Å². The molecule has 1 N–H and O–H groups in total. The van der Waals surface area contributed by atoms with Crippen LogP contribution in [0.2, 0.25) is 0 Å². The van der Waals surface area contributed by atoms with Gasteiger partial charge in [-0.05, 0) is 43.9 Å². The van der Waals surface area contributed by atoms with Crippen molar-refractivity contribution in [1.29, 1.82) is 0 Å². The van der Waals surface area contributed by atoms with E-state index in [9.17, 15) is 9.59 Å². The summed E-state index contributed by atoms with van der Waals surface area (Å²) >= 11 is 1.67. The molecule has 0 fully saturated rings. The predicted octanol–water partition coefficient (Wildman–Crippen LogP) is 2.95. The number of carbonyl (C=O) groups is 2. The van der Waals surface area contributed by atoms with Gasteiger partial charge in [0.15, 0.2) is 6.61 Å². The first-order valence-electron chi connectivity index (χ1n) is 8.87. The maximum atomic E-state index is 12.8. The standard InChI is InChI=1S/C19H30N2O3S/c1-4-6-13-21(5-2)19(23)17(12-14-25-3)20-18(22)15-24-16-10-8-7-9-11-16/h7-11,17H,4-6,12-15H2,1-3H3,(H,20,22). The van der Waals surface area contributed by atoms with E-state index >= 15 is 0 Å². The quantitative estimate of drug-likeness (QED) is 0.618. The predicted molar refractivity (Wildman–Crippen MR) is 104 cm³/mol. The summed E-state index contributed by atoms with van der Waals surface area (Å²) in [4.78, 5) is 26.8. The molecule has 0 aromatic heterocycles. The largest absolute Gasteiger partial charge is 0.484 e. The highest BCUT2D eigenvalue weighted by atomic mass is 32.2. The smallest absolute Gasteiger partial charge is 0.258 e. The number of rotatable bonds is 12. The van der Waals surface area contributed by atoms with Crippen LogP contribution < -0.4 is 10.1 Å². The molecule has 0 aliphatic rings. The Morgan fingerprint density at radius 3 is 2.56 bits per heavy atom. The molecule has 0 saturated heterocycles. The lowest BCUT2D eigenvalue weighted by Gasteiger charge is -2.27. The molecule has 6 heteroatoms. The summed E-state index contributed by atoms with van der Waals surface area (Å²) < 4.78 is 5.46. The second-order valence-corrected chi connectivity index (χ2v) is 6.76. The van der Waals surface area contributed by atoms with E-state index in [4.69, 9.17) is 4.74 Å². The topological polar surface area (TPSA) is 58.6 Å². The Kier molecular flexibility index (Phi) is 10.8. The first-order valence-corrected chi connectivity index (χ1v) is 10.3. The van der Waals surface area contributed by atoms with Gasteiger partial charge in [0.25, 0.3) is 5.91 Å². The molecule has 0 radical (unpaired) electrons. The number of likely N-dealkylation sites (N-methyl/N-ethyl adjacent to an activating group) is 1. The highest BCUT2D eigenvalue weighted by molar-refractivity contribution is 7.98. The lowest BCUT2D eigenvalue weighted by Crippen LogP contribution is -2.50. The van der Waals surface area contributed by atoms with Gasteiger partial charge < -0.3 is 15.0 Å². The summed E-state index contributed by atoms with van der Waals surface area (Å²) in [5.41, 5.74) is 0. The number of amides is 2. The van der Waals surface area contributed by atoms with Gasteiger partial charge in [0.05, 0.1) is 0 Å². The molecule has 1 atom stereocenters. The average molecular weight is 367 g/mol. The van der Waals surface area contributed by atoms with Crippen LogP contribution >= 0.6 is 11.8 Å². The lowest BCUT2D eigenvalue weighted by atomic mass is 10.1. The van der Waals surface area contributed by atoms with Crippen LogP contribution in [0.15, 0.2) is 30.3 Å². The maximum absolute atomic E-state index is 12.8. The SMILES string of the molecule is CCCCN(CC)C(=O)C(CCSC)NC(=O)COc1ccccc1. The zero-order chi connectivity index (χ0) is 18.5. The van der Waals surface area contributed by atoms with E-state index in [1.807, 2.05) is 36.3 Å². The molecule has 25 heavy (non-hydrogen) atoms. The van der Waals surface area contributed by atoms with Crippen LogP contribution in [0.3, 0.4) is 0 Å². The Labute approximate surface area is 155 Å². The minimum Gasteiger partial charge on any atom is -0.484 e. The van der Waals surface area contributed by atoms with Crippen LogP contribution in [0.25, 0.3) is 0 Å². The van der Waals surface area contributed by atoms with Crippen molar-refractivity contribution in [3.63, 3.8) is 0 Å². The molecule has 1 rings (SSSR count). The molecule has 0 spiro atoms. The Hall–Kier alpha value is -1.69. The summed E-state index contributed by atoms with van der Waals surface area (Å²) in [6, 6.07) is 8.70. The fourth-order valence-corrected chi connectivity index (χ4v) is 2.86. The average Bonchev–Trinajstić information content (AvgIpc) is 2.64. The van der Waals surface area contributed by atoms with Gasteiger partial charge in [-0.25, -0.2) is 0 Å². The van der Waals surface area contributed by atoms with Gasteiger partial charge in [-0.15, -0.1) is 0 Å². The molecule has 140 valence electrons. The number of carbonyl (C=O) groups excluding carboxylic acids is 2. The van der Waals surface area contributed by atoms with E-state index < -0.39 is 6.04 Å². The second kappa shape index (κ2) is 12.6. The molecule has 1 aromatic rings. The van der Waals surface area contributed by atoms with Crippen molar-refractivity contribution in [3.05, 3.63) is 30.3 Å². The highest BCUT2D eigenvalue weighted by Crippen LogP contribution is 2.09. The molecule has 0 saturated carbocycles. The summed E-state index contributed by atoms with van der Waals surface area (Å²) in [6.45, 7) is 5.38. The second-order valence-electron chi connectivity index (χ2n) is 5.77. The van der Waals surface area contributed by atoms with Crippen LogP contribution in [0.4, 0.5) is 0 Å². The molecular weight excluding hydrogens is 336 g/mol. The molecular formula is C19H30N2O3S. The van der Waals surface area contributed by atoms with Gasteiger partial charge in [-0.2, -0.15) is 11.8 Å². The first kappa shape index (κ1) is 21.4. The third-order valence-electron chi connectivity index (χ3n) is 3.83. The number of unbranched alkanes of at least 4 members (excludes halogenated alkanes) is 1. The number of hydrogen-bond donors (Lipinski definition) is 1. The minimum absolute atomic E-state index is 0.00180. The number of ether oxygens (including phenoxy) is 1. The van der Waals surface area contributed by atoms with Crippen molar-refractivity contribution < 1.29 is 14.3 Å². The lowest BCUT2D eigenvalue weighted by molar-refractivity contribution is -0.136. The zero-order valence-electron chi connectivity index (χ0n) is 15.5. The van der Waals surface area contributed by atoms with Crippen molar-refractivity contribution in [2.75, 3.05) is 31.7 Å². The maximum Gasteiger partial charge on any atom is 0.258 e. The third kappa shape index (κ3) is 8.29. The van der Waals surface area contributed by atoms with Crippen molar-refractivity contribution in [1.82, 2.24) is 10.2 Å². The highest BCUT2D eigenvalue weighted by Gasteiger charge is 2.24. The van der Waals surface area contributed by atoms with Crippen LogP contribution in [-0.2, 0) is 9.59 Å². The van der Waals surface area contributed by atoms with E-state index in [-0.39, 0.29) is 18.4 Å². The third-order valence-corrected chi connectivity index (χ3v) is 4.48. The monoisotopic (exact) mass is 366 g/mol. The molecule has 1 aromatic carbocycles. The zero-order valence-corrected chi connectivity index (χ0v) is 16.3. The van der Waals surface area contributed by atoms with Gasteiger partial charge in [0, 0.05) is 13.1 Å². The number of hydrogen-bond acceptors (Lipinski definition) is 4. The van der Waals surface area contributed by atoms with Gasteiger partial charge in [-0.3, -0.25) is 9.59 Å². The normalized spacial score (nSPS) is 11.6. The Morgan fingerprint density at radius 1 is 1.24 bits per heavy atom. The van der Waals surface area contributed by atoms with Crippen LogP contribution in [0, 0.1) is 0 Å². The van der Waals surface area contributed by atoms with E-state index in [1.54, 1.807) is 23.9 Å². The number of benzene rings is 1.